The number of carbonyl (C=O) groups excluding carboxylic acids is 3. The van der Waals surface area contributed by atoms with Crippen LogP contribution in [0.5, 0.6) is 11.5 Å². The van der Waals surface area contributed by atoms with Gasteiger partial charge in [-0.25, -0.2) is 41.1 Å². The Bertz CT molecular complexity index is 5120. The number of carbonyl (C=O) groups is 4. The van der Waals surface area contributed by atoms with Gasteiger partial charge >= 0.3 is 18.2 Å². The number of hydrogen-bond donors (Lipinski definition) is 5. The number of aryl methyl sites for hydroxylation is 4. The van der Waals surface area contributed by atoms with E-state index in [9.17, 15) is 41.1 Å². The van der Waals surface area contributed by atoms with Crippen LogP contribution < -0.4 is 30.0 Å². The molecule has 8 aromatic rings. The van der Waals surface area contributed by atoms with E-state index in [0.29, 0.717) is 10.9 Å². The van der Waals surface area contributed by atoms with Gasteiger partial charge in [0.25, 0.3) is 15.9 Å². The largest absolute Gasteiger partial charge is 0.496 e. The Labute approximate surface area is 522 Å². The van der Waals surface area contributed by atoms with E-state index < -0.39 is 145 Å². The summed E-state index contributed by atoms with van der Waals surface area (Å²) in [4.78, 5) is 49.2. The Hall–Kier alpha value is -8.66. The lowest BCUT2D eigenvalue weighted by Gasteiger charge is -2.13. The second-order valence-electron chi connectivity index (χ2n) is 17.9. The van der Waals surface area contributed by atoms with Crippen molar-refractivity contribution in [1.29, 1.82) is 0 Å². The highest BCUT2D eigenvalue weighted by molar-refractivity contribution is 7.90. The predicted molar refractivity (Wildman–Crippen MR) is 317 cm³/mol. The van der Waals surface area contributed by atoms with Gasteiger partial charge in [-0.3, -0.25) is 15.4 Å². The summed E-state index contributed by atoms with van der Waals surface area (Å²) in [5, 5.41) is 19.4. The van der Waals surface area contributed by atoms with Crippen LogP contribution in [-0.2, 0) is 56.3 Å². The number of nitrogens with one attached hydrogen (secondary N) is 3. The molecule has 436 valence electrons. The van der Waals surface area contributed by atoms with Gasteiger partial charge in [-0.1, -0.05) is 48.5 Å². The molecule has 6 aromatic carbocycles. The summed E-state index contributed by atoms with van der Waals surface area (Å²) in [6.07, 6.45) is -17.4. The van der Waals surface area contributed by atoms with Crippen LogP contribution >= 0.6 is 0 Å². The maximum absolute atomic E-state index is 13.2. The van der Waals surface area contributed by atoms with Gasteiger partial charge in [-0.2, -0.15) is 0 Å². The number of sulfonamides is 2. The van der Waals surface area contributed by atoms with E-state index in [4.69, 9.17) is 62.5 Å². The average Bonchev–Trinajstić information content (AvgIpc) is 1.94. The van der Waals surface area contributed by atoms with Gasteiger partial charge in [0.2, 0.25) is 10.0 Å². The highest BCUT2D eigenvalue weighted by Gasteiger charge is 2.24. The van der Waals surface area contributed by atoms with Gasteiger partial charge in [0.1, 0.15) is 23.7 Å². The number of methoxy groups -OCH3 is 2. The third kappa shape index (κ3) is 15.3. The number of anilines is 2. The summed E-state index contributed by atoms with van der Waals surface area (Å²) < 4.78 is 291. The van der Waals surface area contributed by atoms with Gasteiger partial charge in [-0.15, -0.1) is 0 Å². The number of ether oxygens (including phenoxy) is 4. The van der Waals surface area contributed by atoms with Crippen molar-refractivity contribution in [1.82, 2.24) is 13.9 Å². The minimum Gasteiger partial charge on any atom is -0.496 e. The average molecular weight is 1200 g/mol. The first-order valence-corrected chi connectivity index (χ1v) is 27.4. The zero-order valence-corrected chi connectivity index (χ0v) is 44.7. The summed E-state index contributed by atoms with van der Waals surface area (Å²) >= 11 is 0. The molecular weight excluding hydrogens is 1100 g/mol. The number of nitrogens with two attached hydrogens (primary N) is 1. The number of amides is 3. The molecule has 0 spiro atoms. The van der Waals surface area contributed by atoms with Gasteiger partial charge in [0, 0.05) is 105 Å². The first-order valence-electron chi connectivity index (χ1n) is 38.4. The lowest BCUT2D eigenvalue weighted by Crippen LogP contribution is -2.31. The van der Waals surface area contributed by atoms with Crippen LogP contribution in [0.2, 0.25) is 0 Å². The molecule has 0 atom stereocenters. The number of rotatable bonds is 15. The van der Waals surface area contributed by atoms with Crippen LogP contribution in [-0.4, -0.2) is 81.4 Å². The highest BCUT2D eigenvalue weighted by atomic mass is 32.2. The van der Waals surface area contributed by atoms with Crippen LogP contribution in [0, 0.1) is 13.7 Å². The van der Waals surface area contributed by atoms with Gasteiger partial charge in [0.05, 0.1) is 40.4 Å². The summed E-state index contributed by atoms with van der Waals surface area (Å²) in [6.45, 7) is -10.7. The number of aromatic nitrogens is 2. The molecule has 2 saturated carbocycles. The Morgan fingerprint density at radius 2 is 1.07 bits per heavy atom. The quantitative estimate of drug-likeness (QED) is 0.0640. The summed E-state index contributed by atoms with van der Waals surface area (Å²) in [5.41, 5.74) is -0.115. The molecule has 2 heterocycles. The molecule has 0 aliphatic heterocycles. The Kier molecular flexibility index (Phi) is 10.7. The molecule has 3 amide bonds. The molecule has 2 aliphatic rings. The molecule has 2 aliphatic carbocycles. The van der Waals surface area contributed by atoms with Crippen molar-refractivity contribution in [3.8, 4) is 11.5 Å². The van der Waals surface area contributed by atoms with Gasteiger partial charge in [0.15, 0.2) is 0 Å². The minimum atomic E-state index is -4.75. The minimum absolute atomic E-state index is 0.0166. The maximum atomic E-state index is 13.2. The van der Waals surface area contributed by atoms with E-state index in [1.54, 1.807) is 4.72 Å². The molecule has 0 bridgehead atoms. The third-order valence-corrected chi connectivity index (χ3v) is 14.6. The molecule has 19 nitrogen and oxygen atoms in total. The fourth-order valence-corrected chi connectivity index (χ4v) is 10.1. The summed E-state index contributed by atoms with van der Waals surface area (Å²) in [6, 6.07) is 25.0. The van der Waals surface area contributed by atoms with Crippen molar-refractivity contribution >= 4 is 77.3 Å². The number of benzene rings is 6. The smallest absolute Gasteiger partial charge is 0.411 e. The number of fused-ring (bicyclic) bond motifs is 2. The van der Waals surface area contributed by atoms with Gasteiger partial charge in [-0.05, 0) is 171 Å². The first-order chi connectivity index (χ1) is 50.4. The second kappa shape index (κ2) is 26.5. The number of carboxylic acid groups (broad SMARTS) is 1. The third-order valence-electron chi connectivity index (χ3n) is 12.3. The van der Waals surface area contributed by atoms with Crippen molar-refractivity contribution in [2.45, 2.75) is 99.7 Å². The molecule has 6 N–H and O–H groups in total. The monoisotopic (exact) mass is 1200 g/mol. The van der Waals surface area contributed by atoms with E-state index in [-0.39, 0.29) is 105 Å². The van der Waals surface area contributed by atoms with E-state index in [2.05, 4.69) is 10.6 Å². The maximum Gasteiger partial charge on any atom is 0.411 e. The van der Waals surface area contributed by atoms with E-state index >= 15 is 0 Å². The lowest BCUT2D eigenvalue weighted by atomic mass is 10.0. The van der Waals surface area contributed by atoms with Crippen molar-refractivity contribution in [3.05, 3.63) is 178 Å². The van der Waals surface area contributed by atoms with E-state index in [1.165, 1.54) is 103 Å². The second-order valence-corrected chi connectivity index (χ2v) is 21.1. The summed E-state index contributed by atoms with van der Waals surface area (Å²) in [5.74, 6) is -3.23. The topological polar surface area (TPSA) is 266 Å². The summed E-state index contributed by atoms with van der Waals surface area (Å²) in [7, 11) is -14.7. The molecule has 21 heteroatoms. The number of carboxylic acids is 1. The number of hydrogen-bond acceptors (Lipinski definition) is 12. The molecule has 2 fully saturated rings. The van der Waals surface area contributed by atoms with Crippen LogP contribution in [0.1, 0.15) is 144 Å². The SMILES string of the molecule is [2H]C([2H])([2H])Oc1cc(C(=O)NS(=O)(=O)c2ccccc2C([2H])([2H])[2H])ccc1Cc1cn(C([2H])([2H])[2H])c2ccc(NC(=O)OC3([2H])C([2H])([2H])CCC3([2H])[2H])cc12.[2H]C([2H])([2H])Oc1cc(C(=O)O)ccc1Cc1cn(C([2H])([2H])[2H])c2ccc(NC(=O)OC3([2H])C([2H])([2H])CCC3([2H])[2H])cc12.[2H]C([2H])([2H])c1ccccc1S(N)(=O)=O. The van der Waals surface area contributed by atoms with Crippen molar-refractivity contribution < 1.29 is 98.4 Å². The zero-order valence-electron chi connectivity index (χ0n) is 71.1. The normalized spacial score (nSPS) is 22.6. The van der Waals surface area contributed by atoms with E-state index in [1.807, 2.05) is 0 Å². The Balaban J connectivity index is 0.000000243. The molecule has 83 heavy (non-hydrogen) atoms. The molecule has 0 radical (unpaired) electrons. The fourth-order valence-electron chi connectivity index (χ4n) is 8.41. The molecular formula is C62H68N6O13S2. The first kappa shape index (κ1) is 33.4. The van der Waals surface area contributed by atoms with Crippen molar-refractivity contribution in [2.75, 3.05) is 24.7 Å². The predicted octanol–water partition coefficient (Wildman–Crippen LogP) is 11.3. The van der Waals surface area contributed by atoms with Crippen LogP contribution in [0.4, 0.5) is 21.0 Å². The fraction of sp³-hybridized carbons (Fsp3) is 0.290. The van der Waals surface area contributed by atoms with Crippen LogP contribution in [0.3, 0.4) is 0 Å². The van der Waals surface area contributed by atoms with Gasteiger partial charge < -0.3 is 33.2 Å². The number of primary sulfonamides is 1. The molecule has 0 unspecified atom stereocenters. The molecule has 10 rings (SSSR count). The van der Waals surface area contributed by atoms with Crippen molar-refractivity contribution in [3.63, 3.8) is 0 Å². The highest BCUT2D eigenvalue weighted by Crippen LogP contribution is 2.33. The number of nitrogens with zero attached hydrogens (tertiary/aromatic N) is 2. The standard InChI is InChI=1S/C31H33N3O6S.C24H26N2O5.C7H9NO2S/c1-20-8-4-7-11-29(20)41(37,38)33-30(35)22-13-12-21(28(17-22)39-3)16-23-19-34(2)27-15-14-24(18-26(23)27)32-31(36)40-25-9-5-6-10-25;1-26-14-17(11-15-7-8-16(23(27)28)12-22(15)30-2)20-13-18(9-10-21(20)26)25-24(29)31-19-5-3-4-6-19;1-6-4-2-3-5-7(6)11(8,9)10/h4,7-8,11-15,17-19,25H,5-6,9-10,16H2,1-3H3,(H,32,36)(H,33,35);7-10,12-14,19H,3-6,11H2,1-2H3,(H,25,29)(H,27,28);2-5H,1H3,(H2,8,9,10)/i1D3,2D3,3D3,9D2,10D2,25D;1D3,2D3,5D2,6D2,19D;1D3. The van der Waals surface area contributed by atoms with E-state index in [0.717, 1.165) is 39.5 Å². The Morgan fingerprint density at radius 3 is 1.52 bits per heavy atom. The Morgan fingerprint density at radius 1 is 0.614 bits per heavy atom. The number of aromatic carboxylic acids is 1. The zero-order chi connectivity index (χ0) is 83.6. The van der Waals surface area contributed by atoms with Crippen molar-refractivity contribution in [2.24, 2.45) is 19.1 Å². The van der Waals surface area contributed by atoms with Crippen LogP contribution in [0.25, 0.3) is 21.8 Å². The molecule has 2 aromatic heterocycles. The molecule has 0 saturated heterocycles. The van der Waals surface area contributed by atoms with Crippen LogP contribution in [0.15, 0.2) is 144 Å². The lowest BCUT2D eigenvalue weighted by molar-refractivity contribution is 0.0695.